The molecular weight excluding hydrogens is 338 g/mol. The summed E-state index contributed by atoms with van der Waals surface area (Å²) in [6.45, 7) is 1.97. The fourth-order valence-corrected chi connectivity index (χ4v) is 3.51. The first-order valence-electron chi connectivity index (χ1n) is 7.69. The van der Waals surface area contributed by atoms with Gasteiger partial charge in [0.2, 0.25) is 0 Å². The van der Waals surface area contributed by atoms with Crippen LogP contribution in [0.2, 0.25) is 0 Å². The zero-order valence-corrected chi connectivity index (χ0v) is 14.4. The van der Waals surface area contributed by atoms with Crippen molar-refractivity contribution >= 4 is 38.0 Å². The van der Waals surface area contributed by atoms with Gasteiger partial charge in [-0.1, -0.05) is 37.3 Å². The fraction of sp³-hybridized carbons (Fsp3) is 0.111. The lowest BCUT2D eigenvalue weighted by Crippen LogP contribution is -1.99. The van der Waals surface area contributed by atoms with Gasteiger partial charge < -0.3 is 5.73 Å². The molecule has 0 unspecified atom stereocenters. The maximum Gasteiger partial charge on any atom is 0.297 e. The molecule has 0 heterocycles. The van der Waals surface area contributed by atoms with E-state index in [1.54, 1.807) is 48.5 Å². The van der Waals surface area contributed by atoms with Gasteiger partial charge in [-0.3, -0.25) is 4.55 Å². The number of fused-ring (bicyclic) bond motifs is 1. The second-order valence-corrected chi connectivity index (χ2v) is 6.91. The van der Waals surface area contributed by atoms with Crippen molar-refractivity contribution in [2.45, 2.75) is 18.2 Å². The lowest BCUT2D eigenvalue weighted by molar-refractivity contribution is 0.484. The van der Waals surface area contributed by atoms with Gasteiger partial charge in [-0.2, -0.15) is 13.5 Å². The molecule has 7 heteroatoms. The topological polar surface area (TPSA) is 105 Å². The second kappa shape index (κ2) is 6.62. The van der Waals surface area contributed by atoms with E-state index >= 15 is 0 Å². The predicted molar refractivity (Wildman–Crippen MR) is 98.2 cm³/mol. The molecule has 0 aliphatic heterocycles. The fourth-order valence-electron chi connectivity index (χ4n) is 2.68. The van der Waals surface area contributed by atoms with Gasteiger partial charge in [0.1, 0.15) is 10.6 Å². The molecular formula is C18H17N3O3S. The van der Waals surface area contributed by atoms with Crippen molar-refractivity contribution in [3.8, 4) is 0 Å². The number of hydrogen-bond donors (Lipinski definition) is 2. The zero-order chi connectivity index (χ0) is 18.0. The summed E-state index contributed by atoms with van der Waals surface area (Å²) in [5.41, 5.74) is 7.98. The Bertz CT molecular complexity index is 1080. The average molecular weight is 355 g/mol. The molecule has 0 radical (unpaired) electrons. The molecule has 0 saturated carbocycles. The summed E-state index contributed by atoms with van der Waals surface area (Å²) in [6.07, 6.45) is 0.711. The van der Waals surface area contributed by atoms with Crippen LogP contribution in [0.3, 0.4) is 0 Å². The number of nitrogen functional groups attached to an aromatic ring is 1. The van der Waals surface area contributed by atoms with Gasteiger partial charge in [0.25, 0.3) is 10.1 Å². The quantitative estimate of drug-likeness (QED) is 0.404. The van der Waals surface area contributed by atoms with Crippen molar-refractivity contribution < 1.29 is 13.0 Å². The maximum absolute atomic E-state index is 11.9. The van der Waals surface area contributed by atoms with Crippen LogP contribution in [0.25, 0.3) is 10.8 Å². The molecule has 3 N–H and O–H groups in total. The Hall–Kier alpha value is -2.77. The Morgan fingerprint density at radius 2 is 1.68 bits per heavy atom. The largest absolute Gasteiger partial charge is 0.399 e. The van der Waals surface area contributed by atoms with E-state index in [4.69, 9.17) is 5.73 Å². The Morgan fingerprint density at radius 1 is 1.00 bits per heavy atom. The Labute approximate surface area is 145 Å². The molecule has 0 fully saturated rings. The molecule has 0 amide bonds. The number of anilines is 1. The van der Waals surface area contributed by atoms with E-state index in [0.29, 0.717) is 28.6 Å². The van der Waals surface area contributed by atoms with E-state index in [1.807, 2.05) is 6.92 Å². The van der Waals surface area contributed by atoms with Gasteiger partial charge in [-0.15, -0.1) is 5.11 Å². The minimum Gasteiger partial charge on any atom is -0.399 e. The van der Waals surface area contributed by atoms with Gasteiger partial charge in [0.05, 0.1) is 5.69 Å². The lowest BCUT2D eigenvalue weighted by atomic mass is 10.1. The van der Waals surface area contributed by atoms with Gasteiger partial charge in [0.15, 0.2) is 0 Å². The molecule has 3 aromatic rings. The van der Waals surface area contributed by atoms with E-state index in [9.17, 15) is 13.0 Å². The van der Waals surface area contributed by atoms with E-state index < -0.39 is 10.1 Å². The van der Waals surface area contributed by atoms with Crippen LogP contribution in [0.15, 0.2) is 69.7 Å². The van der Waals surface area contributed by atoms with Crippen molar-refractivity contribution in [1.29, 1.82) is 0 Å². The van der Waals surface area contributed by atoms with Gasteiger partial charge >= 0.3 is 0 Å². The first kappa shape index (κ1) is 17.1. The molecule has 25 heavy (non-hydrogen) atoms. The van der Waals surface area contributed by atoms with Crippen molar-refractivity contribution in [3.05, 3.63) is 60.2 Å². The number of azo groups is 1. The van der Waals surface area contributed by atoms with Crippen LogP contribution in [0.5, 0.6) is 0 Å². The Kier molecular flexibility index (Phi) is 4.52. The van der Waals surface area contributed by atoms with Crippen LogP contribution < -0.4 is 5.73 Å². The summed E-state index contributed by atoms with van der Waals surface area (Å²) >= 11 is 0. The van der Waals surface area contributed by atoms with E-state index in [-0.39, 0.29) is 10.6 Å². The van der Waals surface area contributed by atoms with Gasteiger partial charge in [0, 0.05) is 11.1 Å². The van der Waals surface area contributed by atoms with E-state index in [1.165, 1.54) is 6.07 Å². The van der Waals surface area contributed by atoms with Crippen LogP contribution in [0.1, 0.15) is 12.5 Å². The van der Waals surface area contributed by atoms with Crippen LogP contribution in [0, 0.1) is 0 Å². The minimum atomic E-state index is -4.46. The van der Waals surface area contributed by atoms with Crippen LogP contribution in [0.4, 0.5) is 17.1 Å². The number of benzene rings is 3. The Morgan fingerprint density at radius 3 is 2.40 bits per heavy atom. The molecule has 0 bridgehead atoms. The summed E-state index contributed by atoms with van der Waals surface area (Å²) in [5.74, 6) is 0. The molecule has 0 atom stereocenters. The first-order valence-corrected chi connectivity index (χ1v) is 9.13. The molecule has 3 rings (SSSR count). The molecule has 6 nitrogen and oxygen atoms in total. The second-order valence-electron chi connectivity index (χ2n) is 5.55. The van der Waals surface area contributed by atoms with Crippen molar-refractivity contribution in [1.82, 2.24) is 0 Å². The molecule has 3 aromatic carbocycles. The third-order valence-electron chi connectivity index (χ3n) is 3.87. The summed E-state index contributed by atoms with van der Waals surface area (Å²) in [7, 11) is -4.46. The molecule has 0 aliphatic rings. The lowest BCUT2D eigenvalue weighted by Gasteiger charge is -2.07. The minimum absolute atomic E-state index is 0.0834. The third kappa shape index (κ3) is 3.52. The molecule has 128 valence electrons. The van der Waals surface area contributed by atoms with Crippen molar-refractivity contribution in [2.24, 2.45) is 10.2 Å². The third-order valence-corrected chi connectivity index (χ3v) is 4.81. The summed E-state index contributed by atoms with van der Waals surface area (Å²) < 4.78 is 33.4. The maximum atomic E-state index is 11.9. The van der Waals surface area contributed by atoms with Crippen LogP contribution in [-0.2, 0) is 16.5 Å². The smallest absolute Gasteiger partial charge is 0.297 e. The zero-order valence-electron chi connectivity index (χ0n) is 13.5. The average Bonchev–Trinajstić information content (AvgIpc) is 2.59. The highest BCUT2D eigenvalue weighted by atomic mass is 32.2. The SMILES string of the molecule is CCc1cc(N)ccc1N=Nc1ccc2ccccc2c1S(=O)(=O)O. The molecule has 0 aliphatic carbocycles. The highest BCUT2D eigenvalue weighted by Gasteiger charge is 2.19. The van der Waals surface area contributed by atoms with E-state index in [2.05, 4.69) is 10.2 Å². The number of hydrogen-bond acceptors (Lipinski definition) is 5. The van der Waals surface area contributed by atoms with Crippen molar-refractivity contribution in [3.63, 3.8) is 0 Å². The standard InChI is InChI=1S/C18H17N3O3S/c1-2-12-11-14(19)8-10-16(12)20-21-17-9-7-13-5-3-4-6-15(13)18(17)25(22,23)24/h3-11H,2,19H2,1H3,(H,22,23,24). The molecule has 0 spiro atoms. The Balaban J connectivity index is 2.17. The normalized spacial score (nSPS) is 12.1. The number of rotatable bonds is 4. The highest BCUT2D eigenvalue weighted by molar-refractivity contribution is 7.86. The molecule has 0 saturated heterocycles. The summed E-state index contributed by atoms with van der Waals surface area (Å²) in [4.78, 5) is -0.247. The van der Waals surface area contributed by atoms with Gasteiger partial charge in [-0.05, 0) is 41.6 Å². The number of aryl methyl sites for hydroxylation is 1. The highest BCUT2D eigenvalue weighted by Crippen LogP contribution is 2.34. The van der Waals surface area contributed by atoms with Crippen LogP contribution in [-0.4, -0.2) is 13.0 Å². The van der Waals surface area contributed by atoms with Crippen LogP contribution >= 0.6 is 0 Å². The summed E-state index contributed by atoms with van der Waals surface area (Å²) in [6, 6.07) is 15.4. The first-order chi connectivity index (χ1) is 11.9. The van der Waals surface area contributed by atoms with E-state index in [0.717, 1.165) is 5.56 Å². The van der Waals surface area contributed by atoms with Gasteiger partial charge in [-0.25, -0.2) is 0 Å². The number of nitrogens with zero attached hydrogens (tertiary/aromatic N) is 2. The number of nitrogens with two attached hydrogens (primary N) is 1. The summed E-state index contributed by atoms with van der Waals surface area (Å²) in [5, 5.41) is 9.33. The molecule has 0 aromatic heterocycles. The predicted octanol–water partition coefficient (Wildman–Crippen LogP) is 4.65. The van der Waals surface area contributed by atoms with Crippen molar-refractivity contribution in [2.75, 3.05) is 5.73 Å². The monoisotopic (exact) mass is 355 g/mol.